The number of ether oxygens (including phenoxy) is 2. The molecule has 0 amide bonds. The number of methoxy groups -OCH3 is 1. The van der Waals surface area contributed by atoms with Crippen LogP contribution in [-0.2, 0) is 22.6 Å². The number of aromatic nitrogens is 3. The normalized spacial score (nSPS) is 19.0. The van der Waals surface area contributed by atoms with E-state index in [9.17, 15) is 9.59 Å². The topological polar surface area (TPSA) is 88.5 Å². The van der Waals surface area contributed by atoms with Crippen LogP contribution in [0, 0.1) is 18.8 Å². The number of nitrogens with zero attached hydrogens (tertiary/aromatic N) is 3. The van der Waals surface area contributed by atoms with Gasteiger partial charge in [0, 0.05) is 29.7 Å². The standard InChI is InChI=1S/C36H45N3O5.C2H2/c1-5-6-10-13-25(2)32-30-17-16-28(35(40)42-4)22-31(30)38-24-29(15-12-9-7-8-11-14-26(3)33(32)38)34-37-39(36(41)44-34)23-27-18-20-43-21-19-27;1-2/h7,9,11,14-17,22,25,27H,3,5-6,8,10,12-13,18-21,23-24H2,1-2,4H3;1-2H/b9-7-,14-11-,29-15+;. The summed E-state index contributed by atoms with van der Waals surface area (Å²) in [5.74, 6) is 0.0912. The Bertz CT molecular complexity index is 1670. The molecule has 1 saturated heterocycles. The first-order valence-corrected chi connectivity index (χ1v) is 16.3. The monoisotopic (exact) mass is 625 g/mol. The highest BCUT2D eigenvalue weighted by Gasteiger charge is 2.26. The fourth-order valence-electron chi connectivity index (χ4n) is 6.36. The summed E-state index contributed by atoms with van der Waals surface area (Å²) in [5.41, 5.74) is 5.36. The van der Waals surface area contributed by atoms with Gasteiger partial charge in [-0.25, -0.2) is 9.59 Å². The lowest BCUT2D eigenvalue weighted by Gasteiger charge is -2.20. The molecule has 0 radical (unpaired) electrons. The molecule has 46 heavy (non-hydrogen) atoms. The Hall–Kier alpha value is -4.35. The molecule has 2 aliphatic rings. The third-order valence-corrected chi connectivity index (χ3v) is 8.80. The van der Waals surface area contributed by atoms with Gasteiger partial charge in [-0.15, -0.1) is 17.9 Å². The van der Waals surface area contributed by atoms with Gasteiger partial charge in [-0.3, -0.25) is 0 Å². The first kappa shape index (κ1) is 34.5. The summed E-state index contributed by atoms with van der Waals surface area (Å²) >= 11 is 0. The van der Waals surface area contributed by atoms with Crippen LogP contribution in [0.1, 0.15) is 98.6 Å². The van der Waals surface area contributed by atoms with Gasteiger partial charge >= 0.3 is 11.7 Å². The van der Waals surface area contributed by atoms with Gasteiger partial charge in [0.2, 0.25) is 5.89 Å². The van der Waals surface area contributed by atoms with Crippen LogP contribution in [0.3, 0.4) is 0 Å². The van der Waals surface area contributed by atoms with Crippen LogP contribution in [-0.4, -0.2) is 40.6 Å². The van der Waals surface area contributed by atoms with Crippen LogP contribution < -0.4 is 5.76 Å². The molecular weight excluding hydrogens is 578 g/mol. The molecule has 3 aromatic rings. The van der Waals surface area contributed by atoms with Crippen molar-refractivity contribution in [1.29, 1.82) is 0 Å². The molecule has 8 nitrogen and oxygen atoms in total. The summed E-state index contributed by atoms with van der Waals surface area (Å²) in [6, 6.07) is 5.79. The predicted octanol–water partition coefficient (Wildman–Crippen LogP) is 7.94. The van der Waals surface area contributed by atoms with Crippen molar-refractivity contribution < 1.29 is 18.7 Å². The Balaban J connectivity index is 0.00000235. The fourth-order valence-corrected chi connectivity index (χ4v) is 6.36. The molecule has 0 spiro atoms. The van der Waals surface area contributed by atoms with E-state index >= 15 is 0 Å². The largest absolute Gasteiger partial charge is 0.465 e. The number of hydrogen-bond acceptors (Lipinski definition) is 6. The van der Waals surface area contributed by atoms with Crippen LogP contribution in [0.5, 0.6) is 0 Å². The SMILES string of the molecule is C#C.C=C1/C=C\C/C=C\C/C=C(/c2nn(CC3CCOCC3)c(=O)o2)Cn2c1c(C(C)CCCCC)c1ccc(C(=O)OC)cc12. The maximum atomic E-state index is 13.0. The van der Waals surface area contributed by atoms with Crippen molar-refractivity contribution in [2.24, 2.45) is 5.92 Å². The summed E-state index contributed by atoms with van der Waals surface area (Å²) < 4.78 is 20.1. The first-order chi connectivity index (χ1) is 22.4. The van der Waals surface area contributed by atoms with Gasteiger partial charge < -0.3 is 18.5 Å². The van der Waals surface area contributed by atoms with Crippen LogP contribution in [0.4, 0.5) is 0 Å². The minimum Gasteiger partial charge on any atom is -0.465 e. The number of carbonyl (C=O) groups is 1. The molecule has 4 heterocycles. The Morgan fingerprint density at radius 2 is 1.91 bits per heavy atom. The van der Waals surface area contributed by atoms with Crippen molar-refractivity contribution >= 4 is 28.0 Å². The smallest absolute Gasteiger partial charge is 0.437 e. The molecule has 0 saturated carbocycles. The zero-order valence-electron chi connectivity index (χ0n) is 27.5. The summed E-state index contributed by atoms with van der Waals surface area (Å²) in [6.45, 7) is 11.4. The number of unbranched alkanes of at least 4 members (excludes halogenated alkanes) is 2. The van der Waals surface area contributed by atoms with Gasteiger partial charge in [0.25, 0.3) is 0 Å². The summed E-state index contributed by atoms with van der Waals surface area (Å²) in [5, 5.41) is 5.79. The second-order valence-corrected chi connectivity index (χ2v) is 12.0. The number of allylic oxidation sites excluding steroid dienone is 7. The average Bonchev–Trinajstić information content (AvgIpc) is 3.60. The number of benzene rings is 1. The van der Waals surface area contributed by atoms with Gasteiger partial charge in [-0.05, 0) is 67.2 Å². The van der Waals surface area contributed by atoms with E-state index in [0.29, 0.717) is 50.1 Å². The van der Waals surface area contributed by atoms with Crippen LogP contribution >= 0.6 is 0 Å². The molecular formula is C38H47N3O5. The van der Waals surface area contributed by atoms with Crippen molar-refractivity contribution in [3.05, 3.63) is 88.4 Å². The highest BCUT2D eigenvalue weighted by Crippen LogP contribution is 2.40. The lowest BCUT2D eigenvalue weighted by molar-refractivity contribution is 0.0594. The van der Waals surface area contributed by atoms with Gasteiger partial charge in [0.1, 0.15) is 0 Å². The van der Waals surface area contributed by atoms with E-state index in [4.69, 9.17) is 19.0 Å². The number of esters is 1. The second kappa shape index (κ2) is 16.8. The van der Waals surface area contributed by atoms with Crippen molar-refractivity contribution in [1.82, 2.24) is 14.3 Å². The first-order valence-electron chi connectivity index (χ1n) is 16.3. The Morgan fingerprint density at radius 3 is 2.65 bits per heavy atom. The molecule has 5 rings (SSSR count). The third kappa shape index (κ3) is 8.07. The molecule has 244 valence electrons. The van der Waals surface area contributed by atoms with Crippen molar-refractivity contribution in [3.63, 3.8) is 0 Å². The summed E-state index contributed by atoms with van der Waals surface area (Å²) in [6.07, 6.45) is 26.3. The lowest BCUT2D eigenvalue weighted by Crippen LogP contribution is -2.25. The minimum absolute atomic E-state index is 0.270. The molecule has 0 N–H and O–H groups in total. The van der Waals surface area contributed by atoms with Crippen molar-refractivity contribution in [2.45, 2.75) is 84.2 Å². The van der Waals surface area contributed by atoms with Crippen LogP contribution in [0.15, 0.2) is 64.4 Å². The molecule has 0 aliphatic carbocycles. The maximum absolute atomic E-state index is 13.0. The molecule has 0 bridgehead atoms. The minimum atomic E-state index is -0.447. The Morgan fingerprint density at radius 1 is 1.15 bits per heavy atom. The zero-order valence-corrected chi connectivity index (χ0v) is 27.5. The highest BCUT2D eigenvalue weighted by molar-refractivity contribution is 5.98. The summed E-state index contributed by atoms with van der Waals surface area (Å²) in [7, 11) is 1.40. The van der Waals surface area contributed by atoms with E-state index in [2.05, 4.69) is 68.2 Å². The Labute approximate surface area is 272 Å². The predicted molar refractivity (Wildman–Crippen MR) is 185 cm³/mol. The molecule has 1 unspecified atom stereocenters. The van der Waals surface area contributed by atoms with E-state index < -0.39 is 5.76 Å². The van der Waals surface area contributed by atoms with Crippen molar-refractivity contribution in [3.8, 4) is 12.8 Å². The van der Waals surface area contributed by atoms with Gasteiger partial charge in [0.15, 0.2) is 0 Å². The van der Waals surface area contributed by atoms with Crippen molar-refractivity contribution in [2.75, 3.05) is 20.3 Å². The molecule has 1 atom stereocenters. The number of fused-ring (bicyclic) bond motifs is 3. The van der Waals surface area contributed by atoms with Crippen LogP contribution in [0.25, 0.3) is 22.0 Å². The third-order valence-electron chi connectivity index (χ3n) is 8.80. The number of hydrogen-bond donors (Lipinski definition) is 0. The van der Waals surface area contributed by atoms with Gasteiger partial charge in [0.05, 0.1) is 31.5 Å². The maximum Gasteiger partial charge on any atom is 0.437 e. The van der Waals surface area contributed by atoms with E-state index in [1.165, 1.54) is 23.8 Å². The average molecular weight is 626 g/mol. The lowest BCUT2D eigenvalue weighted by atomic mass is 9.90. The molecule has 1 fully saturated rings. The van der Waals surface area contributed by atoms with Gasteiger partial charge in [-0.2, -0.15) is 4.68 Å². The highest BCUT2D eigenvalue weighted by atomic mass is 16.5. The second-order valence-electron chi connectivity index (χ2n) is 12.0. The Kier molecular flexibility index (Phi) is 12.6. The van der Waals surface area contributed by atoms with E-state index in [-0.39, 0.29) is 11.9 Å². The van der Waals surface area contributed by atoms with E-state index in [0.717, 1.165) is 66.3 Å². The number of carbonyl (C=O) groups excluding carboxylic acids is 1. The quantitative estimate of drug-likeness (QED) is 0.104. The van der Waals surface area contributed by atoms with Gasteiger partial charge in [-0.1, -0.05) is 76.1 Å². The summed E-state index contributed by atoms with van der Waals surface area (Å²) in [4.78, 5) is 25.6. The number of rotatable bonds is 9. The molecule has 2 aromatic heterocycles. The zero-order chi connectivity index (χ0) is 33.1. The molecule has 8 heteroatoms. The number of terminal acetylenes is 1. The van der Waals surface area contributed by atoms with E-state index in [1.54, 1.807) is 0 Å². The molecule has 1 aromatic carbocycles. The fraction of sp³-hybridized carbons (Fsp3) is 0.447. The molecule has 2 aliphatic heterocycles. The van der Waals surface area contributed by atoms with Crippen LogP contribution in [0.2, 0.25) is 0 Å². The van der Waals surface area contributed by atoms with E-state index in [1.807, 2.05) is 18.2 Å².